The lowest BCUT2D eigenvalue weighted by Gasteiger charge is -2.38. The molecule has 1 aromatic carbocycles. The molecule has 2 aliphatic rings. The first-order valence-electron chi connectivity index (χ1n) is 11.7. The van der Waals surface area contributed by atoms with Gasteiger partial charge in [-0.25, -0.2) is 13.2 Å². The third-order valence-corrected chi connectivity index (χ3v) is 8.51. The van der Waals surface area contributed by atoms with E-state index < -0.39 is 16.0 Å². The molecule has 0 radical (unpaired) electrons. The number of benzene rings is 1. The lowest BCUT2D eigenvalue weighted by molar-refractivity contribution is -0.140. The van der Waals surface area contributed by atoms with Crippen molar-refractivity contribution in [2.45, 2.75) is 70.4 Å². The molecule has 8 nitrogen and oxygen atoms in total. The highest BCUT2D eigenvalue weighted by Gasteiger charge is 2.34. The van der Waals surface area contributed by atoms with Crippen LogP contribution < -0.4 is 4.74 Å². The summed E-state index contributed by atoms with van der Waals surface area (Å²) < 4.78 is 38.9. The number of rotatable bonds is 6. The van der Waals surface area contributed by atoms with Gasteiger partial charge in [-0.2, -0.15) is 4.31 Å². The van der Waals surface area contributed by atoms with Crippen LogP contribution in [-0.4, -0.2) is 68.4 Å². The van der Waals surface area contributed by atoms with Crippen molar-refractivity contribution in [1.82, 2.24) is 9.21 Å². The highest BCUT2D eigenvalue weighted by atomic mass is 32.2. The highest BCUT2D eigenvalue weighted by Crippen LogP contribution is 2.32. The van der Waals surface area contributed by atoms with Gasteiger partial charge in [0.1, 0.15) is 10.6 Å². The van der Waals surface area contributed by atoms with E-state index >= 15 is 0 Å². The number of carbonyl (C=O) groups is 2. The molecule has 2 aliphatic heterocycles. The third kappa shape index (κ3) is 5.69. The number of sulfonamides is 1. The van der Waals surface area contributed by atoms with Crippen molar-refractivity contribution in [3.05, 3.63) is 23.8 Å². The summed E-state index contributed by atoms with van der Waals surface area (Å²) in [6, 6.07) is 4.41. The van der Waals surface area contributed by atoms with Gasteiger partial charge in [0.05, 0.1) is 12.7 Å². The van der Waals surface area contributed by atoms with Crippen LogP contribution in [0.2, 0.25) is 0 Å². The van der Waals surface area contributed by atoms with Gasteiger partial charge in [-0.05, 0) is 69.6 Å². The lowest BCUT2D eigenvalue weighted by Crippen LogP contribution is -2.49. The lowest BCUT2D eigenvalue weighted by atomic mass is 9.94. The summed E-state index contributed by atoms with van der Waals surface area (Å²) in [6.07, 6.45) is 3.90. The van der Waals surface area contributed by atoms with Crippen LogP contribution in [-0.2, 0) is 19.6 Å². The maximum atomic E-state index is 13.4. The van der Waals surface area contributed by atoms with Gasteiger partial charge in [0.2, 0.25) is 10.0 Å². The standard InChI is InChI=1S/C24H36N2O6S/c1-16-11-17(2)14-25(13-16)33(29,30)22-12-20(9-10-21(22)31-5)24(28)32-15-23(27)26-18(3)7-6-8-19(26)4/h9-10,12,16-19H,6-8,11,13-15H2,1-5H3. The molecule has 33 heavy (non-hydrogen) atoms. The van der Waals surface area contributed by atoms with Gasteiger partial charge in [0, 0.05) is 25.2 Å². The van der Waals surface area contributed by atoms with E-state index in [0.717, 1.165) is 25.7 Å². The number of amides is 1. The van der Waals surface area contributed by atoms with E-state index in [1.807, 2.05) is 27.7 Å². The molecule has 0 bridgehead atoms. The molecular formula is C24H36N2O6S. The van der Waals surface area contributed by atoms with Crippen LogP contribution in [0, 0.1) is 11.8 Å². The first-order valence-corrected chi connectivity index (χ1v) is 13.1. The summed E-state index contributed by atoms with van der Waals surface area (Å²) in [7, 11) is -2.47. The van der Waals surface area contributed by atoms with Gasteiger partial charge in [-0.15, -0.1) is 0 Å². The summed E-state index contributed by atoms with van der Waals surface area (Å²) in [4.78, 5) is 27.1. The van der Waals surface area contributed by atoms with Gasteiger partial charge in [-0.1, -0.05) is 13.8 Å². The normalized spacial score (nSPS) is 26.6. The predicted octanol–water partition coefficient (Wildman–Crippen LogP) is 3.31. The molecule has 4 atom stereocenters. The average molecular weight is 481 g/mol. The number of methoxy groups -OCH3 is 1. The molecule has 2 heterocycles. The molecule has 1 aromatic rings. The smallest absolute Gasteiger partial charge is 0.338 e. The first kappa shape index (κ1) is 25.5. The maximum Gasteiger partial charge on any atom is 0.338 e. The van der Waals surface area contributed by atoms with E-state index in [-0.39, 0.29) is 52.6 Å². The fourth-order valence-electron chi connectivity index (χ4n) is 5.14. The van der Waals surface area contributed by atoms with E-state index in [4.69, 9.17) is 9.47 Å². The molecule has 2 fully saturated rings. The summed E-state index contributed by atoms with van der Waals surface area (Å²) in [5, 5.41) is 0. The Hall–Kier alpha value is -2.13. The SMILES string of the molecule is COc1ccc(C(=O)OCC(=O)N2C(C)CCCC2C)cc1S(=O)(=O)N1CC(C)CC(C)C1. The number of hydrogen-bond acceptors (Lipinski definition) is 6. The molecule has 0 aromatic heterocycles. The van der Waals surface area contributed by atoms with E-state index in [1.54, 1.807) is 4.90 Å². The summed E-state index contributed by atoms with van der Waals surface area (Å²) in [5.41, 5.74) is 0.0695. The predicted molar refractivity (Wildman–Crippen MR) is 125 cm³/mol. The number of hydrogen-bond donors (Lipinski definition) is 0. The van der Waals surface area contributed by atoms with Crippen LogP contribution >= 0.6 is 0 Å². The molecular weight excluding hydrogens is 444 g/mol. The van der Waals surface area contributed by atoms with Crippen molar-refractivity contribution in [2.24, 2.45) is 11.8 Å². The second-order valence-electron chi connectivity index (χ2n) is 9.64. The van der Waals surface area contributed by atoms with Crippen LogP contribution in [0.15, 0.2) is 23.1 Å². The number of likely N-dealkylation sites (tertiary alicyclic amines) is 1. The van der Waals surface area contributed by atoms with Crippen molar-refractivity contribution in [3.63, 3.8) is 0 Å². The van der Waals surface area contributed by atoms with Crippen molar-refractivity contribution < 1.29 is 27.5 Å². The second-order valence-corrected chi connectivity index (χ2v) is 11.5. The minimum atomic E-state index is -3.86. The van der Waals surface area contributed by atoms with Gasteiger partial charge >= 0.3 is 5.97 Å². The Morgan fingerprint density at radius 1 is 1.03 bits per heavy atom. The molecule has 9 heteroatoms. The third-order valence-electron chi connectivity index (χ3n) is 6.66. The largest absolute Gasteiger partial charge is 0.495 e. The van der Waals surface area contributed by atoms with Crippen LogP contribution in [0.1, 0.15) is 63.7 Å². The van der Waals surface area contributed by atoms with Crippen LogP contribution in [0.25, 0.3) is 0 Å². The molecule has 2 saturated heterocycles. The summed E-state index contributed by atoms with van der Waals surface area (Å²) in [6.45, 7) is 8.53. The van der Waals surface area contributed by atoms with Gasteiger partial charge in [-0.3, -0.25) is 4.79 Å². The van der Waals surface area contributed by atoms with E-state index in [0.29, 0.717) is 13.1 Å². The number of piperidine rings is 2. The van der Waals surface area contributed by atoms with Crippen LogP contribution in [0.5, 0.6) is 5.75 Å². The highest BCUT2D eigenvalue weighted by molar-refractivity contribution is 7.89. The molecule has 3 rings (SSSR count). The van der Waals surface area contributed by atoms with E-state index in [9.17, 15) is 18.0 Å². The van der Waals surface area contributed by atoms with Gasteiger partial charge in [0.25, 0.3) is 5.91 Å². The Kier molecular flexibility index (Phi) is 8.05. The molecule has 1 amide bonds. The Balaban J connectivity index is 1.77. The number of carbonyl (C=O) groups excluding carboxylic acids is 2. The van der Waals surface area contributed by atoms with Crippen molar-refractivity contribution in [2.75, 3.05) is 26.8 Å². The number of nitrogens with zero attached hydrogens (tertiary/aromatic N) is 2. The Morgan fingerprint density at radius 2 is 1.64 bits per heavy atom. The minimum Gasteiger partial charge on any atom is -0.495 e. The molecule has 4 unspecified atom stereocenters. The van der Waals surface area contributed by atoms with Crippen molar-refractivity contribution in [3.8, 4) is 5.75 Å². The van der Waals surface area contributed by atoms with Crippen LogP contribution in [0.3, 0.4) is 0 Å². The first-order chi connectivity index (χ1) is 15.5. The van der Waals surface area contributed by atoms with Crippen molar-refractivity contribution >= 4 is 21.9 Å². The zero-order chi connectivity index (χ0) is 24.3. The minimum absolute atomic E-state index is 0.0645. The number of ether oxygens (including phenoxy) is 2. The summed E-state index contributed by atoms with van der Waals surface area (Å²) >= 11 is 0. The molecule has 0 aliphatic carbocycles. The molecule has 0 N–H and O–H groups in total. The Labute approximate surface area is 197 Å². The van der Waals surface area contributed by atoms with Crippen LogP contribution in [0.4, 0.5) is 0 Å². The van der Waals surface area contributed by atoms with Gasteiger partial charge < -0.3 is 14.4 Å². The zero-order valence-electron chi connectivity index (χ0n) is 20.2. The average Bonchev–Trinajstić information content (AvgIpc) is 2.76. The fraction of sp³-hybridized carbons (Fsp3) is 0.667. The molecule has 0 saturated carbocycles. The quantitative estimate of drug-likeness (QED) is 0.580. The van der Waals surface area contributed by atoms with E-state index in [2.05, 4.69) is 0 Å². The molecule has 184 valence electrons. The van der Waals surface area contributed by atoms with Crippen molar-refractivity contribution in [1.29, 1.82) is 0 Å². The summed E-state index contributed by atoms with van der Waals surface area (Å²) in [5.74, 6) is -0.313. The number of esters is 1. The Morgan fingerprint density at radius 3 is 2.21 bits per heavy atom. The van der Waals surface area contributed by atoms with E-state index in [1.165, 1.54) is 29.6 Å². The topological polar surface area (TPSA) is 93.2 Å². The Bertz CT molecular complexity index is 959. The van der Waals surface area contributed by atoms with Gasteiger partial charge in [0.15, 0.2) is 6.61 Å². The fourth-order valence-corrected chi connectivity index (χ4v) is 7.01. The second kappa shape index (κ2) is 10.4. The monoisotopic (exact) mass is 480 g/mol. The zero-order valence-corrected chi connectivity index (χ0v) is 21.1. The molecule has 0 spiro atoms. The maximum absolute atomic E-state index is 13.4.